The molecule has 1 N–H and O–H groups in total. The van der Waals surface area contributed by atoms with E-state index in [0.29, 0.717) is 12.1 Å². The Hall–Kier alpha value is -1.50. The van der Waals surface area contributed by atoms with E-state index in [-0.39, 0.29) is 11.6 Å². The molecule has 0 spiro atoms. The first-order valence-electron chi connectivity index (χ1n) is 5.18. The zero-order valence-corrected chi connectivity index (χ0v) is 9.86. The molecule has 0 unspecified atom stereocenters. The van der Waals surface area contributed by atoms with Gasteiger partial charge in [-0.25, -0.2) is 0 Å². The third-order valence-electron chi connectivity index (χ3n) is 2.52. The van der Waals surface area contributed by atoms with Crippen LogP contribution in [-0.2, 0) is 12.4 Å². The normalized spacial score (nSPS) is 14.3. The minimum absolute atomic E-state index is 0.0965. The molecule has 1 aromatic carbocycles. The zero-order valence-electron chi connectivity index (χ0n) is 9.86. The summed E-state index contributed by atoms with van der Waals surface area (Å²) in [5.41, 5.74) is -2.81. The molecule has 7 heteroatoms. The molecule has 1 aromatic rings. The Bertz CT molecular complexity index is 428. The monoisotopic (exact) mass is 283 g/mol. The molecule has 0 fully saturated rings. The average Bonchev–Trinajstić information content (AvgIpc) is 2.28. The summed E-state index contributed by atoms with van der Waals surface area (Å²) in [4.78, 5) is 0. The van der Waals surface area contributed by atoms with Gasteiger partial charge < -0.3 is 5.32 Å². The van der Waals surface area contributed by atoms with Crippen LogP contribution in [-0.4, -0.2) is 7.05 Å². The Balaban J connectivity index is 3.45. The molecule has 1 rings (SSSR count). The van der Waals surface area contributed by atoms with E-state index in [9.17, 15) is 26.3 Å². The highest BCUT2D eigenvalue weighted by atomic mass is 19.4. The second-order valence-electron chi connectivity index (χ2n) is 3.84. The molecule has 0 amide bonds. The number of hydrogen-bond donors (Lipinski definition) is 1. The fourth-order valence-corrected chi connectivity index (χ4v) is 1.58. The topological polar surface area (TPSA) is 12.0 Å². The molecule has 106 valence electrons. The van der Waals surface area contributed by atoms with Crippen LogP contribution in [0.25, 0.3) is 0 Å². The molecule has 1 atom stereocenters. The molecular weight excluding hydrogens is 272 g/mol. The fraction of sp³-hybridized carbons (Fsp3) is 0.333. The van der Waals surface area contributed by atoms with Crippen LogP contribution in [0, 0.1) is 0 Å². The minimum Gasteiger partial charge on any atom is -0.310 e. The lowest BCUT2D eigenvalue weighted by atomic mass is 9.99. The lowest BCUT2D eigenvalue weighted by molar-refractivity contribution is -0.143. The van der Waals surface area contributed by atoms with Gasteiger partial charge in [-0.2, -0.15) is 26.3 Å². The Morgan fingerprint density at radius 1 is 1.00 bits per heavy atom. The molecule has 0 aliphatic heterocycles. The van der Waals surface area contributed by atoms with Gasteiger partial charge in [-0.05, 0) is 30.8 Å². The van der Waals surface area contributed by atoms with Crippen molar-refractivity contribution in [3.63, 3.8) is 0 Å². The summed E-state index contributed by atoms with van der Waals surface area (Å²) in [5, 5.41) is 2.57. The van der Waals surface area contributed by atoms with Crippen molar-refractivity contribution < 1.29 is 26.3 Å². The average molecular weight is 283 g/mol. The van der Waals surface area contributed by atoms with Crippen molar-refractivity contribution in [2.45, 2.75) is 18.4 Å². The summed E-state index contributed by atoms with van der Waals surface area (Å²) in [7, 11) is 1.42. The molecule has 1 nitrogen and oxygen atoms in total. The Morgan fingerprint density at radius 3 is 1.68 bits per heavy atom. The first-order valence-corrected chi connectivity index (χ1v) is 5.18. The quantitative estimate of drug-likeness (QED) is 0.648. The minimum atomic E-state index is -4.84. The third-order valence-corrected chi connectivity index (χ3v) is 2.52. The highest BCUT2D eigenvalue weighted by molar-refractivity contribution is 5.36. The van der Waals surface area contributed by atoms with Crippen molar-refractivity contribution >= 4 is 0 Å². The maximum absolute atomic E-state index is 12.6. The fourth-order valence-electron chi connectivity index (χ4n) is 1.58. The molecule has 0 bridgehead atoms. The summed E-state index contributed by atoms with van der Waals surface area (Å²) in [5.74, 6) is 0. The van der Waals surface area contributed by atoms with Crippen molar-refractivity contribution in [2.75, 3.05) is 7.05 Å². The van der Waals surface area contributed by atoms with Crippen LogP contribution < -0.4 is 5.32 Å². The van der Waals surface area contributed by atoms with Gasteiger partial charge in [0.15, 0.2) is 0 Å². The van der Waals surface area contributed by atoms with Crippen LogP contribution in [0.15, 0.2) is 30.9 Å². The van der Waals surface area contributed by atoms with E-state index in [1.54, 1.807) is 0 Å². The third kappa shape index (κ3) is 3.73. The van der Waals surface area contributed by atoms with Gasteiger partial charge in [-0.1, -0.05) is 6.08 Å². The first-order chi connectivity index (χ1) is 8.59. The van der Waals surface area contributed by atoms with Crippen molar-refractivity contribution in [3.05, 3.63) is 47.5 Å². The lowest BCUT2D eigenvalue weighted by Crippen LogP contribution is -2.17. The first kappa shape index (κ1) is 15.6. The van der Waals surface area contributed by atoms with E-state index in [0.717, 1.165) is 0 Å². The number of hydrogen-bond acceptors (Lipinski definition) is 1. The molecule has 19 heavy (non-hydrogen) atoms. The molecule has 0 aromatic heterocycles. The van der Waals surface area contributed by atoms with E-state index in [4.69, 9.17) is 0 Å². The number of rotatable bonds is 3. The second-order valence-corrected chi connectivity index (χ2v) is 3.84. The molecule has 0 heterocycles. The van der Waals surface area contributed by atoms with E-state index in [2.05, 4.69) is 11.9 Å². The van der Waals surface area contributed by atoms with Crippen molar-refractivity contribution in [1.82, 2.24) is 5.32 Å². The molecule has 0 aliphatic rings. The summed E-state index contributed by atoms with van der Waals surface area (Å²) >= 11 is 0. The number of likely N-dealkylation sites (N-methyl/N-ethyl adjacent to an activating group) is 1. The number of benzene rings is 1. The summed E-state index contributed by atoms with van der Waals surface area (Å²) in [6.07, 6.45) is -8.44. The van der Waals surface area contributed by atoms with Crippen LogP contribution in [0.4, 0.5) is 26.3 Å². The number of halogens is 6. The number of nitrogens with one attached hydrogen (secondary N) is 1. The number of alkyl halides is 6. The van der Waals surface area contributed by atoms with Gasteiger partial charge in [-0.3, -0.25) is 0 Å². The predicted octanol–water partition coefficient (Wildman–Crippen LogP) is 4.17. The van der Waals surface area contributed by atoms with Gasteiger partial charge in [0, 0.05) is 0 Å². The van der Waals surface area contributed by atoms with E-state index >= 15 is 0 Å². The van der Waals surface area contributed by atoms with E-state index in [1.807, 2.05) is 0 Å². The predicted molar refractivity (Wildman–Crippen MR) is 58.4 cm³/mol. The molecule has 0 aliphatic carbocycles. The van der Waals surface area contributed by atoms with Gasteiger partial charge in [0.25, 0.3) is 0 Å². The van der Waals surface area contributed by atoms with Crippen molar-refractivity contribution in [1.29, 1.82) is 0 Å². The molecule has 0 saturated heterocycles. The Kier molecular flexibility index (Phi) is 4.29. The SMILES string of the molecule is C=C[C@@H](NC)c1cc(C(F)(F)F)cc(C(F)(F)F)c1. The van der Waals surface area contributed by atoms with Crippen molar-refractivity contribution in [2.24, 2.45) is 0 Å². The van der Waals surface area contributed by atoms with Gasteiger partial charge >= 0.3 is 12.4 Å². The largest absolute Gasteiger partial charge is 0.416 e. The molecule has 0 radical (unpaired) electrons. The lowest BCUT2D eigenvalue weighted by Gasteiger charge is -2.18. The van der Waals surface area contributed by atoms with Crippen LogP contribution in [0.3, 0.4) is 0 Å². The van der Waals surface area contributed by atoms with Crippen LogP contribution in [0.1, 0.15) is 22.7 Å². The van der Waals surface area contributed by atoms with Gasteiger partial charge in [0.05, 0.1) is 17.2 Å². The van der Waals surface area contributed by atoms with E-state index in [1.165, 1.54) is 13.1 Å². The maximum Gasteiger partial charge on any atom is 0.416 e. The Labute approximate surface area is 105 Å². The van der Waals surface area contributed by atoms with Crippen LogP contribution in [0.5, 0.6) is 0 Å². The standard InChI is InChI=1S/C12H11F6N/c1-3-10(19-2)7-4-8(11(13,14)15)6-9(5-7)12(16,17)18/h3-6,10,19H,1H2,2H3/t10-/m1/s1. The Morgan fingerprint density at radius 2 is 1.42 bits per heavy atom. The smallest absolute Gasteiger partial charge is 0.310 e. The molecule has 0 saturated carbocycles. The van der Waals surface area contributed by atoms with Gasteiger partial charge in [0.2, 0.25) is 0 Å². The van der Waals surface area contributed by atoms with Crippen LogP contribution in [0.2, 0.25) is 0 Å². The van der Waals surface area contributed by atoms with Gasteiger partial charge in [0.1, 0.15) is 0 Å². The van der Waals surface area contributed by atoms with Crippen molar-refractivity contribution in [3.8, 4) is 0 Å². The molecular formula is C12H11F6N. The highest BCUT2D eigenvalue weighted by Crippen LogP contribution is 2.37. The zero-order chi connectivity index (χ0) is 14.8. The summed E-state index contributed by atoms with van der Waals surface area (Å²) < 4.78 is 75.6. The van der Waals surface area contributed by atoms with Crippen LogP contribution >= 0.6 is 0 Å². The summed E-state index contributed by atoms with van der Waals surface area (Å²) in [6.45, 7) is 3.37. The van der Waals surface area contributed by atoms with Gasteiger partial charge in [-0.15, -0.1) is 6.58 Å². The highest BCUT2D eigenvalue weighted by Gasteiger charge is 2.37. The summed E-state index contributed by atoms with van der Waals surface area (Å²) in [6, 6.07) is 0.665. The second kappa shape index (κ2) is 5.24. The maximum atomic E-state index is 12.6. The van der Waals surface area contributed by atoms with E-state index < -0.39 is 29.5 Å².